The van der Waals surface area contributed by atoms with E-state index in [4.69, 9.17) is 0 Å². The summed E-state index contributed by atoms with van der Waals surface area (Å²) in [4.78, 5) is 47.3. The number of carbonyl (C=O) groups excluding carboxylic acids is 3. The largest absolute Gasteiger partial charge is 0.480 e. The van der Waals surface area contributed by atoms with Crippen LogP contribution in [0.3, 0.4) is 0 Å². The van der Waals surface area contributed by atoms with Crippen molar-refractivity contribution in [3.8, 4) is 0 Å². The fraction of sp³-hybridized carbons (Fsp3) is 0.375. The van der Waals surface area contributed by atoms with E-state index < -0.39 is 41.7 Å². The number of aliphatic carboxylic acids is 1. The summed E-state index contributed by atoms with van der Waals surface area (Å²) < 4.78 is 9.06. The molecule has 24 heavy (non-hydrogen) atoms. The minimum absolute atomic E-state index is 0.253. The van der Waals surface area contributed by atoms with Gasteiger partial charge in [-0.2, -0.15) is 0 Å². The molecule has 8 heteroatoms. The topological polar surface area (TPSA) is 119 Å². The van der Waals surface area contributed by atoms with E-state index in [-0.39, 0.29) is 5.56 Å². The molecular formula is C16H19NO7. The van der Waals surface area contributed by atoms with Gasteiger partial charge in [0.25, 0.3) is 5.91 Å². The quantitative estimate of drug-likeness (QED) is 0.548. The van der Waals surface area contributed by atoms with Gasteiger partial charge in [0.1, 0.15) is 6.04 Å². The van der Waals surface area contributed by atoms with Crippen LogP contribution < -0.4 is 5.32 Å². The Kier molecular flexibility index (Phi) is 6.91. The summed E-state index contributed by atoms with van der Waals surface area (Å²) in [6, 6.07) is 6.49. The lowest BCUT2D eigenvalue weighted by Crippen LogP contribution is -2.50. The molecule has 0 bridgehead atoms. The number of amides is 1. The SMILES string of the molecule is COC(=O)C(C(=O)OC)[C@@H](C)[C@@H](NC(=O)c1ccccc1)C(=O)O. The third-order valence-electron chi connectivity index (χ3n) is 3.55. The molecule has 0 aliphatic rings. The van der Waals surface area contributed by atoms with Crippen molar-refractivity contribution in [2.75, 3.05) is 14.2 Å². The van der Waals surface area contributed by atoms with Crippen LogP contribution >= 0.6 is 0 Å². The fourth-order valence-electron chi connectivity index (χ4n) is 2.20. The summed E-state index contributed by atoms with van der Waals surface area (Å²) >= 11 is 0. The summed E-state index contributed by atoms with van der Waals surface area (Å²) in [5, 5.41) is 11.7. The first kappa shape index (κ1) is 19.1. The Labute approximate surface area is 138 Å². The van der Waals surface area contributed by atoms with Crippen molar-refractivity contribution in [3.05, 3.63) is 35.9 Å². The van der Waals surface area contributed by atoms with E-state index in [2.05, 4.69) is 14.8 Å². The molecule has 1 aromatic carbocycles. The zero-order valence-corrected chi connectivity index (χ0v) is 13.5. The van der Waals surface area contributed by atoms with Crippen LogP contribution in [0.15, 0.2) is 30.3 Å². The molecule has 2 atom stereocenters. The van der Waals surface area contributed by atoms with Crippen molar-refractivity contribution >= 4 is 23.8 Å². The van der Waals surface area contributed by atoms with Crippen LogP contribution in [-0.4, -0.2) is 49.2 Å². The van der Waals surface area contributed by atoms with Crippen LogP contribution in [0, 0.1) is 11.8 Å². The second kappa shape index (κ2) is 8.66. The monoisotopic (exact) mass is 337 g/mol. The lowest BCUT2D eigenvalue weighted by molar-refractivity contribution is -0.162. The van der Waals surface area contributed by atoms with Crippen molar-refractivity contribution in [2.45, 2.75) is 13.0 Å². The molecule has 0 radical (unpaired) electrons. The van der Waals surface area contributed by atoms with Gasteiger partial charge in [0.15, 0.2) is 5.92 Å². The number of hydrogen-bond acceptors (Lipinski definition) is 6. The second-order valence-corrected chi connectivity index (χ2v) is 5.04. The van der Waals surface area contributed by atoms with Gasteiger partial charge in [0, 0.05) is 11.5 Å². The van der Waals surface area contributed by atoms with Crippen LogP contribution in [0.25, 0.3) is 0 Å². The van der Waals surface area contributed by atoms with Crippen LogP contribution in [0.5, 0.6) is 0 Å². The maximum atomic E-state index is 12.2. The molecule has 1 aromatic rings. The molecular weight excluding hydrogens is 318 g/mol. The van der Waals surface area contributed by atoms with E-state index in [1.54, 1.807) is 18.2 Å². The predicted molar refractivity (Wildman–Crippen MR) is 82.0 cm³/mol. The average molecular weight is 337 g/mol. The van der Waals surface area contributed by atoms with Crippen LogP contribution in [0.4, 0.5) is 0 Å². The molecule has 1 amide bonds. The number of ether oxygens (including phenoxy) is 2. The smallest absolute Gasteiger partial charge is 0.326 e. The van der Waals surface area contributed by atoms with Crippen molar-refractivity contribution in [2.24, 2.45) is 11.8 Å². The highest BCUT2D eigenvalue weighted by Crippen LogP contribution is 2.20. The Morgan fingerprint density at radius 1 is 1.00 bits per heavy atom. The van der Waals surface area contributed by atoms with Crippen molar-refractivity contribution in [1.29, 1.82) is 0 Å². The highest BCUT2D eigenvalue weighted by atomic mass is 16.5. The maximum absolute atomic E-state index is 12.2. The zero-order chi connectivity index (χ0) is 18.3. The van der Waals surface area contributed by atoms with Gasteiger partial charge in [-0.1, -0.05) is 25.1 Å². The van der Waals surface area contributed by atoms with E-state index in [0.29, 0.717) is 0 Å². The maximum Gasteiger partial charge on any atom is 0.326 e. The van der Waals surface area contributed by atoms with Gasteiger partial charge in [-0.05, 0) is 12.1 Å². The lowest BCUT2D eigenvalue weighted by Gasteiger charge is -2.26. The molecule has 0 fully saturated rings. The summed E-state index contributed by atoms with van der Waals surface area (Å²) in [5.41, 5.74) is 0.253. The van der Waals surface area contributed by atoms with Crippen molar-refractivity contribution in [1.82, 2.24) is 5.32 Å². The van der Waals surface area contributed by atoms with Gasteiger partial charge in [-0.25, -0.2) is 4.79 Å². The molecule has 0 spiro atoms. The third-order valence-corrected chi connectivity index (χ3v) is 3.55. The molecule has 0 unspecified atom stereocenters. The number of hydrogen-bond donors (Lipinski definition) is 2. The number of carbonyl (C=O) groups is 4. The highest BCUT2D eigenvalue weighted by Gasteiger charge is 2.42. The summed E-state index contributed by atoms with van der Waals surface area (Å²) in [5.74, 6) is -6.45. The molecule has 0 aromatic heterocycles. The first-order valence-electron chi connectivity index (χ1n) is 7.07. The van der Waals surface area contributed by atoms with Gasteiger partial charge in [0.2, 0.25) is 0 Å². The molecule has 0 aliphatic carbocycles. The van der Waals surface area contributed by atoms with E-state index >= 15 is 0 Å². The van der Waals surface area contributed by atoms with E-state index in [0.717, 1.165) is 14.2 Å². The Balaban J connectivity index is 3.04. The number of nitrogens with one attached hydrogen (secondary N) is 1. The normalized spacial score (nSPS) is 12.8. The molecule has 0 heterocycles. The van der Waals surface area contributed by atoms with Crippen LogP contribution in [0.2, 0.25) is 0 Å². The second-order valence-electron chi connectivity index (χ2n) is 5.04. The predicted octanol–water partition coefficient (Wildman–Crippen LogP) is 0.468. The minimum atomic E-state index is -1.49. The average Bonchev–Trinajstić information content (AvgIpc) is 2.59. The summed E-state index contributed by atoms with van der Waals surface area (Å²) in [6.07, 6.45) is 0. The molecule has 1 rings (SSSR count). The van der Waals surface area contributed by atoms with Gasteiger partial charge in [-0.3, -0.25) is 14.4 Å². The Morgan fingerprint density at radius 2 is 1.50 bits per heavy atom. The number of benzene rings is 1. The summed E-state index contributed by atoms with van der Waals surface area (Å²) in [7, 11) is 2.15. The van der Waals surface area contributed by atoms with Crippen LogP contribution in [-0.2, 0) is 23.9 Å². The van der Waals surface area contributed by atoms with Crippen LogP contribution in [0.1, 0.15) is 17.3 Å². The number of esters is 2. The third kappa shape index (κ3) is 4.55. The molecule has 2 N–H and O–H groups in total. The van der Waals surface area contributed by atoms with Gasteiger partial charge >= 0.3 is 17.9 Å². The van der Waals surface area contributed by atoms with Crippen molar-refractivity contribution < 1.29 is 33.8 Å². The Morgan fingerprint density at radius 3 is 1.92 bits per heavy atom. The number of rotatable bonds is 7. The van der Waals surface area contributed by atoms with E-state index in [1.807, 2.05) is 0 Å². The zero-order valence-electron chi connectivity index (χ0n) is 13.5. The number of methoxy groups -OCH3 is 2. The lowest BCUT2D eigenvalue weighted by atomic mass is 9.87. The highest BCUT2D eigenvalue weighted by molar-refractivity contribution is 5.98. The molecule has 8 nitrogen and oxygen atoms in total. The first-order chi connectivity index (χ1) is 11.3. The number of carboxylic acid groups (broad SMARTS) is 1. The fourth-order valence-corrected chi connectivity index (χ4v) is 2.20. The van der Waals surface area contributed by atoms with Gasteiger partial charge in [-0.15, -0.1) is 0 Å². The Bertz CT molecular complexity index is 598. The van der Waals surface area contributed by atoms with E-state index in [1.165, 1.54) is 19.1 Å². The van der Waals surface area contributed by atoms with Gasteiger partial charge in [0.05, 0.1) is 14.2 Å². The molecule has 0 aliphatic heterocycles. The molecule has 0 saturated heterocycles. The standard InChI is InChI=1S/C16H19NO7/c1-9(11(15(21)23-2)16(22)24-3)12(14(19)20)17-13(18)10-7-5-4-6-8-10/h4-9,11-12H,1-3H3,(H,17,18)(H,19,20)/t9-,12-/m1/s1. The minimum Gasteiger partial charge on any atom is -0.480 e. The first-order valence-corrected chi connectivity index (χ1v) is 7.07. The van der Waals surface area contributed by atoms with E-state index in [9.17, 15) is 24.3 Å². The van der Waals surface area contributed by atoms with Crippen molar-refractivity contribution in [3.63, 3.8) is 0 Å². The molecule has 130 valence electrons. The number of carboxylic acids is 1. The van der Waals surface area contributed by atoms with Gasteiger partial charge < -0.3 is 19.9 Å². The molecule has 0 saturated carbocycles. The summed E-state index contributed by atoms with van der Waals surface area (Å²) in [6.45, 7) is 1.35. The Hall–Kier alpha value is -2.90.